The molecule has 0 saturated carbocycles. The molecule has 0 spiro atoms. The Hall–Kier alpha value is -1.98. The van der Waals surface area contributed by atoms with Crippen LogP contribution in [0.1, 0.15) is 45.5 Å². The van der Waals surface area contributed by atoms with Gasteiger partial charge in [-0.1, -0.05) is 47.5 Å². The highest BCUT2D eigenvalue weighted by atomic mass is 32.2. The molecule has 0 aliphatic carbocycles. The molecule has 0 aromatic heterocycles. The zero-order valence-electron chi connectivity index (χ0n) is 16.5. The van der Waals surface area contributed by atoms with E-state index in [1.807, 2.05) is 64.1 Å². The Labute approximate surface area is 162 Å². The Morgan fingerprint density at radius 1 is 0.889 bits per heavy atom. The van der Waals surface area contributed by atoms with E-state index in [0.29, 0.717) is 36.4 Å². The van der Waals surface area contributed by atoms with Crippen molar-refractivity contribution in [2.24, 2.45) is 5.92 Å². The van der Waals surface area contributed by atoms with Crippen LogP contribution in [0.2, 0.25) is 0 Å². The van der Waals surface area contributed by atoms with Gasteiger partial charge in [0.25, 0.3) is 0 Å². The molecule has 1 heterocycles. The minimum atomic E-state index is -3.54. The van der Waals surface area contributed by atoms with E-state index < -0.39 is 10.0 Å². The number of nitrogens with zero attached hydrogens (tertiary/aromatic N) is 1. The highest BCUT2D eigenvalue weighted by Gasteiger charge is 2.33. The molecule has 0 unspecified atom stereocenters. The van der Waals surface area contributed by atoms with Crippen LogP contribution in [-0.2, 0) is 10.0 Å². The molecule has 0 atom stereocenters. The molecule has 0 bridgehead atoms. The van der Waals surface area contributed by atoms with Gasteiger partial charge < -0.3 is 0 Å². The summed E-state index contributed by atoms with van der Waals surface area (Å²) in [6.45, 7) is 8.43. The van der Waals surface area contributed by atoms with E-state index in [1.54, 1.807) is 0 Å². The minimum absolute atomic E-state index is 0.112. The maximum Gasteiger partial charge on any atom is 0.243 e. The number of piperidine rings is 1. The number of Topliss-reactive ketones (excluding diaryl/α,β-unsaturated/α-hetero) is 1. The van der Waals surface area contributed by atoms with Gasteiger partial charge in [-0.05, 0) is 51.7 Å². The van der Waals surface area contributed by atoms with Gasteiger partial charge in [0.1, 0.15) is 0 Å². The van der Waals surface area contributed by atoms with E-state index in [-0.39, 0.29) is 11.7 Å². The lowest BCUT2D eigenvalue weighted by Gasteiger charge is -2.31. The normalized spacial score (nSPS) is 16.4. The molecule has 2 aromatic rings. The number of sulfonamides is 1. The maximum atomic E-state index is 13.2. The van der Waals surface area contributed by atoms with Crippen LogP contribution in [-0.4, -0.2) is 31.6 Å². The maximum absolute atomic E-state index is 13.2. The van der Waals surface area contributed by atoms with Crippen molar-refractivity contribution in [3.63, 3.8) is 0 Å². The largest absolute Gasteiger partial charge is 0.294 e. The summed E-state index contributed by atoms with van der Waals surface area (Å²) in [5.41, 5.74) is 4.46. The number of hydrogen-bond donors (Lipinski definition) is 0. The molecule has 4 nitrogen and oxygen atoms in total. The van der Waals surface area contributed by atoms with Crippen molar-refractivity contribution < 1.29 is 13.2 Å². The first-order valence-corrected chi connectivity index (χ1v) is 10.8. The second kappa shape index (κ2) is 7.56. The standard InChI is InChI=1S/C22H27NO3S/c1-15-5-7-19(8-6-15)21(24)20-9-11-23(12-10-20)27(25,26)22-17(3)13-16(2)14-18(22)4/h5-8,13-14,20H,9-12H2,1-4H3. The van der Waals surface area contributed by atoms with Crippen molar-refractivity contribution in [3.8, 4) is 0 Å². The van der Waals surface area contributed by atoms with Crippen LogP contribution in [0.15, 0.2) is 41.3 Å². The summed E-state index contributed by atoms with van der Waals surface area (Å²) in [6, 6.07) is 11.4. The van der Waals surface area contributed by atoms with Gasteiger partial charge in [-0.25, -0.2) is 8.42 Å². The molecule has 3 rings (SSSR count). The summed E-state index contributed by atoms with van der Waals surface area (Å²) in [7, 11) is -3.54. The third-order valence-corrected chi connectivity index (χ3v) is 7.57. The third-order valence-electron chi connectivity index (χ3n) is 5.36. The van der Waals surface area contributed by atoms with Crippen LogP contribution in [0.25, 0.3) is 0 Å². The van der Waals surface area contributed by atoms with Crippen molar-refractivity contribution in [3.05, 3.63) is 64.2 Å². The summed E-state index contributed by atoms with van der Waals surface area (Å²) in [5.74, 6) is 0.00844. The van der Waals surface area contributed by atoms with Gasteiger partial charge in [0.05, 0.1) is 4.90 Å². The van der Waals surface area contributed by atoms with Crippen LogP contribution in [0.3, 0.4) is 0 Å². The number of carbonyl (C=O) groups is 1. The predicted molar refractivity (Wildman–Crippen MR) is 108 cm³/mol. The zero-order valence-corrected chi connectivity index (χ0v) is 17.3. The van der Waals surface area contributed by atoms with Gasteiger partial charge in [-0.2, -0.15) is 4.31 Å². The van der Waals surface area contributed by atoms with E-state index in [0.717, 1.165) is 22.3 Å². The molecule has 144 valence electrons. The Morgan fingerprint density at radius 2 is 1.41 bits per heavy atom. The number of ketones is 1. The minimum Gasteiger partial charge on any atom is -0.294 e. The van der Waals surface area contributed by atoms with Crippen LogP contribution < -0.4 is 0 Å². The fourth-order valence-electron chi connectivity index (χ4n) is 4.01. The molecule has 1 aliphatic heterocycles. The molecule has 5 heteroatoms. The van der Waals surface area contributed by atoms with Gasteiger partial charge in [0, 0.05) is 24.6 Å². The smallest absolute Gasteiger partial charge is 0.243 e. The predicted octanol–water partition coefficient (Wildman–Crippen LogP) is 4.20. The Kier molecular flexibility index (Phi) is 5.54. The molecule has 27 heavy (non-hydrogen) atoms. The monoisotopic (exact) mass is 385 g/mol. The van der Waals surface area contributed by atoms with Gasteiger partial charge in [-0.15, -0.1) is 0 Å². The Balaban J connectivity index is 1.75. The van der Waals surface area contributed by atoms with Crippen molar-refractivity contribution in [1.82, 2.24) is 4.31 Å². The van der Waals surface area contributed by atoms with Crippen molar-refractivity contribution >= 4 is 15.8 Å². The highest BCUT2D eigenvalue weighted by Crippen LogP contribution is 2.30. The fraction of sp³-hybridized carbons (Fsp3) is 0.409. The van der Waals surface area contributed by atoms with Gasteiger partial charge in [0.2, 0.25) is 10.0 Å². The molecule has 1 saturated heterocycles. The van der Waals surface area contributed by atoms with E-state index in [1.165, 1.54) is 4.31 Å². The molecule has 0 amide bonds. The van der Waals surface area contributed by atoms with E-state index >= 15 is 0 Å². The second-order valence-corrected chi connectivity index (χ2v) is 9.51. The fourth-order valence-corrected chi connectivity index (χ4v) is 5.90. The number of carbonyl (C=O) groups excluding carboxylic acids is 1. The van der Waals surface area contributed by atoms with Crippen LogP contribution in [0.4, 0.5) is 0 Å². The molecule has 1 fully saturated rings. The van der Waals surface area contributed by atoms with E-state index in [9.17, 15) is 13.2 Å². The third kappa shape index (κ3) is 3.99. The van der Waals surface area contributed by atoms with Gasteiger partial charge in [-0.3, -0.25) is 4.79 Å². The van der Waals surface area contributed by atoms with Crippen molar-refractivity contribution in [2.45, 2.75) is 45.4 Å². The van der Waals surface area contributed by atoms with Crippen LogP contribution in [0, 0.1) is 33.6 Å². The van der Waals surface area contributed by atoms with Crippen molar-refractivity contribution in [1.29, 1.82) is 0 Å². The zero-order chi connectivity index (χ0) is 19.8. The molecular formula is C22H27NO3S. The summed E-state index contributed by atoms with van der Waals surface area (Å²) in [5, 5.41) is 0. The first kappa shape index (κ1) is 19.8. The lowest BCUT2D eigenvalue weighted by Crippen LogP contribution is -2.40. The second-order valence-electron chi connectivity index (χ2n) is 7.64. The Bertz CT molecular complexity index is 931. The number of hydrogen-bond acceptors (Lipinski definition) is 3. The summed E-state index contributed by atoms with van der Waals surface area (Å²) >= 11 is 0. The topological polar surface area (TPSA) is 54.5 Å². The summed E-state index contributed by atoms with van der Waals surface area (Å²) in [6.07, 6.45) is 1.13. The molecular weight excluding hydrogens is 358 g/mol. The van der Waals surface area contributed by atoms with E-state index in [4.69, 9.17) is 0 Å². The molecule has 0 radical (unpaired) electrons. The van der Waals surface area contributed by atoms with Crippen LogP contribution in [0.5, 0.6) is 0 Å². The highest BCUT2D eigenvalue weighted by molar-refractivity contribution is 7.89. The Morgan fingerprint density at radius 3 is 1.93 bits per heavy atom. The first-order chi connectivity index (χ1) is 12.7. The van der Waals surface area contributed by atoms with Crippen LogP contribution >= 0.6 is 0 Å². The summed E-state index contributed by atoms with van der Waals surface area (Å²) < 4.78 is 27.9. The van der Waals surface area contributed by atoms with Gasteiger partial charge >= 0.3 is 0 Å². The number of rotatable bonds is 4. The first-order valence-electron chi connectivity index (χ1n) is 9.39. The quantitative estimate of drug-likeness (QED) is 0.741. The molecule has 0 N–H and O–H groups in total. The average molecular weight is 386 g/mol. The number of aryl methyl sites for hydroxylation is 4. The number of benzene rings is 2. The lowest BCUT2D eigenvalue weighted by molar-refractivity contribution is 0.0875. The van der Waals surface area contributed by atoms with Gasteiger partial charge in [0.15, 0.2) is 5.78 Å². The van der Waals surface area contributed by atoms with Crippen molar-refractivity contribution in [2.75, 3.05) is 13.1 Å². The SMILES string of the molecule is Cc1ccc(C(=O)C2CCN(S(=O)(=O)c3c(C)cc(C)cc3C)CC2)cc1. The lowest BCUT2D eigenvalue weighted by atomic mass is 9.89. The molecule has 1 aliphatic rings. The van der Waals surface area contributed by atoms with E-state index in [2.05, 4.69) is 0 Å². The molecule has 2 aromatic carbocycles. The average Bonchev–Trinajstić information content (AvgIpc) is 2.61. The summed E-state index contributed by atoms with van der Waals surface area (Å²) in [4.78, 5) is 13.1.